The van der Waals surface area contributed by atoms with Gasteiger partial charge in [-0.3, -0.25) is 9.56 Å². The summed E-state index contributed by atoms with van der Waals surface area (Å²) in [6.45, 7) is 2.47. The van der Waals surface area contributed by atoms with E-state index in [9.17, 15) is 4.79 Å². The number of rotatable bonds is 3. The molecule has 0 spiro atoms. The normalized spacial score (nSPS) is 12.8. The minimum absolute atomic E-state index is 0.318. The second kappa shape index (κ2) is 6.57. The van der Waals surface area contributed by atoms with E-state index in [0.717, 1.165) is 32.0 Å². The van der Waals surface area contributed by atoms with Gasteiger partial charge in [0, 0.05) is 10.0 Å². The molecule has 1 aliphatic heterocycles. The van der Waals surface area contributed by atoms with Gasteiger partial charge >= 0.3 is 5.97 Å². The summed E-state index contributed by atoms with van der Waals surface area (Å²) < 4.78 is 8.04. The average molecular weight is 416 g/mol. The Labute approximate surface area is 157 Å². The molecule has 7 heteroatoms. The lowest BCUT2D eigenvalue weighted by atomic mass is 10.1. The van der Waals surface area contributed by atoms with Crippen molar-refractivity contribution < 1.29 is 9.53 Å². The number of aliphatic imine (C=N–C) groups is 1. The van der Waals surface area contributed by atoms with Crippen molar-refractivity contribution in [3.63, 3.8) is 0 Å². The average Bonchev–Trinajstić information content (AvgIpc) is 3.23. The number of nitrogens with zero attached hydrogens (tertiary/aromatic N) is 3. The molecule has 0 bridgehead atoms. The van der Waals surface area contributed by atoms with Crippen LogP contribution < -0.4 is 0 Å². The number of carbonyl (C=O) groups is 1. The van der Waals surface area contributed by atoms with Gasteiger partial charge in [-0.25, -0.2) is 9.78 Å². The number of thiophene rings is 1. The van der Waals surface area contributed by atoms with E-state index in [2.05, 4.69) is 27.0 Å². The van der Waals surface area contributed by atoms with E-state index in [0.29, 0.717) is 18.8 Å². The van der Waals surface area contributed by atoms with E-state index in [1.54, 1.807) is 24.6 Å². The third kappa shape index (κ3) is 2.83. The number of imidazole rings is 1. The number of halogens is 1. The summed E-state index contributed by atoms with van der Waals surface area (Å²) in [5, 5.41) is 2.03. The first kappa shape index (κ1) is 16.2. The number of hydrogen-bond donors (Lipinski definition) is 0. The molecule has 0 aliphatic carbocycles. The maximum Gasteiger partial charge on any atom is 0.358 e. The SMILES string of the molecule is CCOC(=O)c1ncn2c1CN=C(c1cccs1)c1cc(Br)ccc1-2. The van der Waals surface area contributed by atoms with Crippen molar-refractivity contribution in [2.75, 3.05) is 6.61 Å². The molecule has 5 nitrogen and oxygen atoms in total. The molecule has 0 amide bonds. The molecule has 1 aromatic carbocycles. The van der Waals surface area contributed by atoms with Crippen LogP contribution in [0.15, 0.2) is 51.5 Å². The second-order valence-electron chi connectivity index (χ2n) is 5.43. The minimum atomic E-state index is -0.412. The van der Waals surface area contributed by atoms with Crippen molar-refractivity contribution in [2.45, 2.75) is 13.5 Å². The first-order valence-electron chi connectivity index (χ1n) is 7.81. The number of hydrogen-bond acceptors (Lipinski definition) is 5. The minimum Gasteiger partial charge on any atom is -0.461 e. The molecule has 0 saturated carbocycles. The number of benzene rings is 1. The highest BCUT2D eigenvalue weighted by molar-refractivity contribution is 9.10. The fourth-order valence-electron chi connectivity index (χ4n) is 2.87. The molecule has 4 rings (SSSR count). The molecule has 0 fully saturated rings. The second-order valence-corrected chi connectivity index (χ2v) is 7.30. The molecular weight excluding hydrogens is 402 g/mol. The van der Waals surface area contributed by atoms with Crippen LogP contribution in [0.5, 0.6) is 0 Å². The maximum atomic E-state index is 12.2. The van der Waals surface area contributed by atoms with Crippen molar-refractivity contribution in [3.05, 3.63) is 68.3 Å². The van der Waals surface area contributed by atoms with Crippen LogP contribution >= 0.6 is 27.3 Å². The summed E-state index contributed by atoms with van der Waals surface area (Å²) >= 11 is 5.19. The van der Waals surface area contributed by atoms with Crippen LogP contribution in [0.25, 0.3) is 5.69 Å². The lowest BCUT2D eigenvalue weighted by Crippen LogP contribution is -2.09. The van der Waals surface area contributed by atoms with Crippen LogP contribution in [-0.2, 0) is 11.3 Å². The summed E-state index contributed by atoms with van der Waals surface area (Å²) in [5.41, 5.74) is 3.94. The van der Waals surface area contributed by atoms with Crippen molar-refractivity contribution in [2.24, 2.45) is 4.99 Å². The fourth-order valence-corrected chi connectivity index (χ4v) is 3.98. The van der Waals surface area contributed by atoms with E-state index in [-0.39, 0.29) is 0 Å². The zero-order chi connectivity index (χ0) is 17.4. The lowest BCUT2D eigenvalue weighted by Gasteiger charge is -2.11. The van der Waals surface area contributed by atoms with Gasteiger partial charge in [0.1, 0.15) is 6.33 Å². The summed E-state index contributed by atoms with van der Waals surface area (Å²) in [6.07, 6.45) is 1.67. The largest absolute Gasteiger partial charge is 0.461 e. The molecule has 0 atom stereocenters. The molecule has 1 aliphatic rings. The molecule has 0 radical (unpaired) electrons. The summed E-state index contributed by atoms with van der Waals surface area (Å²) in [6, 6.07) is 10.1. The molecule has 2 aromatic heterocycles. The van der Waals surface area contributed by atoms with Crippen LogP contribution in [0.2, 0.25) is 0 Å². The Morgan fingerprint density at radius 3 is 3.04 bits per heavy atom. The van der Waals surface area contributed by atoms with Crippen LogP contribution in [-0.4, -0.2) is 27.8 Å². The van der Waals surface area contributed by atoms with E-state index >= 15 is 0 Å². The molecule has 0 unspecified atom stereocenters. The Balaban J connectivity index is 1.92. The zero-order valence-corrected chi connectivity index (χ0v) is 15.8. The molecular formula is C18H14BrN3O2S. The monoisotopic (exact) mass is 415 g/mol. The van der Waals surface area contributed by atoms with Gasteiger partial charge in [0.25, 0.3) is 0 Å². The third-order valence-electron chi connectivity index (χ3n) is 3.95. The van der Waals surface area contributed by atoms with Gasteiger partial charge in [-0.15, -0.1) is 11.3 Å². The summed E-state index contributed by atoms with van der Waals surface area (Å²) in [4.78, 5) is 22.4. The van der Waals surface area contributed by atoms with Crippen molar-refractivity contribution in [1.29, 1.82) is 0 Å². The highest BCUT2D eigenvalue weighted by atomic mass is 79.9. The van der Waals surface area contributed by atoms with Gasteiger partial charge < -0.3 is 4.74 Å². The van der Waals surface area contributed by atoms with Crippen molar-refractivity contribution in [1.82, 2.24) is 9.55 Å². The van der Waals surface area contributed by atoms with E-state index in [1.807, 2.05) is 34.2 Å². The van der Waals surface area contributed by atoms with Gasteiger partial charge in [-0.2, -0.15) is 0 Å². The van der Waals surface area contributed by atoms with Gasteiger partial charge in [0.05, 0.1) is 35.1 Å². The highest BCUT2D eigenvalue weighted by Crippen LogP contribution is 2.30. The maximum absolute atomic E-state index is 12.2. The van der Waals surface area contributed by atoms with Gasteiger partial charge in [0.2, 0.25) is 0 Å². The molecule has 0 N–H and O–H groups in total. The van der Waals surface area contributed by atoms with Crippen LogP contribution in [0, 0.1) is 0 Å². The molecule has 126 valence electrons. The first-order valence-corrected chi connectivity index (χ1v) is 9.48. The topological polar surface area (TPSA) is 56.5 Å². The third-order valence-corrected chi connectivity index (χ3v) is 5.32. The van der Waals surface area contributed by atoms with Crippen LogP contribution in [0.4, 0.5) is 0 Å². The molecule has 25 heavy (non-hydrogen) atoms. The van der Waals surface area contributed by atoms with Gasteiger partial charge in [-0.1, -0.05) is 22.0 Å². The molecule has 3 heterocycles. The predicted molar refractivity (Wildman–Crippen MR) is 101 cm³/mol. The fraction of sp³-hybridized carbons (Fsp3) is 0.167. The lowest BCUT2D eigenvalue weighted by molar-refractivity contribution is 0.0518. The van der Waals surface area contributed by atoms with Crippen LogP contribution in [0.3, 0.4) is 0 Å². The highest BCUT2D eigenvalue weighted by Gasteiger charge is 2.25. The zero-order valence-electron chi connectivity index (χ0n) is 13.4. The first-order chi connectivity index (χ1) is 12.2. The quantitative estimate of drug-likeness (QED) is 0.601. The number of fused-ring (bicyclic) bond motifs is 3. The predicted octanol–water partition coefficient (Wildman–Crippen LogP) is 4.22. The van der Waals surface area contributed by atoms with Gasteiger partial charge in [0.15, 0.2) is 5.69 Å². The van der Waals surface area contributed by atoms with Crippen molar-refractivity contribution in [3.8, 4) is 5.69 Å². The Morgan fingerprint density at radius 2 is 2.28 bits per heavy atom. The van der Waals surface area contributed by atoms with E-state index in [1.165, 1.54) is 0 Å². The molecule has 0 saturated heterocycles. The number of esters is 1. The number of carbonyl (C=O) groups excluding carboxylic acids is 1. The smallest absolute Gasteiger partial charge is 0.358 e. The van der Waals surface area contributed by atoms with Gasteiger partial charge in [-0.05, 0) is 36.6 Å². The Hall–Kier alpha value is -2.25. The van der Waals surface area contributed by atoms with Crippen molar-refractivity contribution >= 4 is 38.9 Å². The molecule has 3 aromatic rings. The summed E-state index contributed by atoms with van der Waals surface area (Å²) in [7, 11) is 0. The van der Waals surface area contributed by atoms with E-state index < -0.39 is 5.97 Å². The standard InChI is InChI=1S/C18H14BrN3O2S/c1-2-24-18(23)17-14-9-20-16(15-4-3-7-25-15)12-8-11(19)5-6-13(12)22(14)10-21-17/h3-8,10H,2,9H2,1H3. The number of aromatic nitrogens is 2. The van der Waals surface area contributed by atoms with Crippen LogP contribution in [0.1, 0.15) is 33.5 Å². The Morgan fingerprint density at radius 1 is 1.40 bits per heavy atom. The Bertz CT molecular complexity index is 976. The Kier molecular flexibility index (Phi) is 4.27. The summed E-state index contributed by atoms with van der Waals surface area (Å²) in [5.74, 6) is -0.412. The van der Waals surface area contributed by atoms with E-state index in [4.69, 9.17) is 9.73 Å². The number of ether oxygens (including phenoxy) is 1.